The third-order valence-corrected chi connectivity index (χ3v) is 15.3. The number of urea groups is 1. The van der Waals surface area contributed by atoms with Crippen LogP contribution in [0.2, 0.25) is 18.1 Å². The molecule has 300 valence electrons. The smallest absolute Gasteiger partial charge is 0.407 e. The van der Waals surface area contributed by atoms with Crippen molar-refractivity contribution >= 4 is 37.0 Å². The van der Waals surface area contributed by atoms with E-state index in [1.807, 2.05) is 127 Å². The molecule has 0 aliphatic carbocycles. The number of hydrogen-bond acceptors (Lipinski definition) is 5. The zero-order valence-corrected chi connectivity index (χ0v) is 34.7. The highest BCUT2D eigenvalue weighted by atomic mass is 28.4. The molecule has 0 radical (unpaired) electrons. The first-order valence-corrected chi connectivity index (χ1v) is 22.4. The van der Waals surface area contributed by atoms with E-state index in [1.54, 1.807) is 6.07 Å². The van der Waals surface area contributed by atoms with Crippen molar-refractivity contribution in [1.29, 1.82) is 0 Å². The van der Waals surface area contributed by atoms with E-state index in [-0.39, 0.29) is 35.8 Å². The molecule has 6 aromatic rings. The van der Waals surface area contributed by atoms with E-state index in [2.05, 4.69) is 49.5 Å². The number of aromatic amines is 1. The zero-order chi connectivity index (χ0) is 41.3. The van der Waals surface area contributed by atoms with E-state index >= 15 is 0 Å². The Labute approximate surface area is 341 Å². The predicted octanol–water partition coefficient (Wildman–Crippen LogP) is 10.3. The van der Waals surface area contributed by atoms with E-state index in [0.29, 0.717) is 30.0 Å². The van der Waals surface area contributed by atoms with Gasteiger partial charge in [0.15, 0.2) is 8.32 Å². The first-order chi connectivity index (χ1) is 27.8. The van der Waals surface area contributed by atoms with E-state index in [1.165, 1.54) is 11.0 Å². The van der Waals surface area contributed by atoms with Gasteiger partial charge in [0.05, 0.1) is 24.2 Å². The maximum atomic E-state index is 13.4. The van der Waals surface area contributed by atoms with Gasteiger partial charge in [-0.25, -0.2) is 9.59 Å². The summed E-state index contributed by atoms with van der Waals surface area (Å²) in [6, 6.07) is 43.0. The maximum Gasteiger partial charge on any atom is 0.407 e. The predicted molar refractivity (Wildman–Crippen MR) is 233 cm³/mol. The summed E-state index contributed by atoms with van der Waals surface area (Å²) in [6.07, 6.45) is -1.33. The largest absolute Gasteiger partial charge is 0.487 e. The minimum Gasteiger partial charge on any atom is -0.487 e. The van der Waals surface area contributed by atoms with Crippen LogP contribution in [0.5, 0.6) is 5.75 Å². The molecule has 0 aliphatic heterocycles. The second kappa shape index (κ2) is 18.4. The second-order valence-electron chi connectivity index (χ2n) is 15.9. The van der Waals surface area contributed by atoms with Crippen molar-refractivity contribution in [3.63, 3.8) is 0 Å². The Morgan fingerprint density at radius 3 is 2.03 bits per heavy atom. The molecule has 4 N–H and O–H groups in total. The van der Waals surface area contributed by atoms with Crippen LogP contribution in [0.3, 0.4) is 0 Å². The molecular formula is C47H52N4O6Si. The van der Waals surface area contributed by atoms with Gasteiger partial charge in [0.25, 0.3) is 0 Å². The quantitative estimate of drug-likeness (QED) is 0.0765. The topological polar surface area (TPSA) is 133 Å². The van der Waals surface area contributed by atoms with E-state index in [4.69, 9.17) is 9.16 Å². The lowest BCUT2D eigenvalue weighted by Gasteiger charge is -2.40. The van der Waals surface area contributed by atoms with Crippen LogP contribution in [0, 0.1) is 0 Å². The summed E-state index contributed by atoms with van der Waals surface area (Å²) in [5.41, 5.74) is 5.35. The van der Waals surface area contributed by atoms with Crippen molar-refractivity contribution < 1.29 is 23.9 Å². The number of carboxylic acid groups (broad SMARTS) is 1. The number of nitrogens with zero attached hydrogens (tertiary/aromatic N) is 1. The lowest BCUT2D eigenvalue weighted by Crippen LogP contribution is -2.45. The Morgan fingerprint density at radius 2 is 1.41 bits per heavy atom. The minimum atomic E-state index is -2.46. The molecule has 0 aliphatic rings. The number of carbonyl (C=O) groups excluding carboxylic acids is 1. The lowest BCUT2D eigenvalue weighted by molar-refractivity contribution is 0.102. The van der Waals surface area contributed by atoms with Gasteiger partial charge in [0, 0.05) is 23.7 Å². The van der Waals surface area contributed by atoms with Crippen molar-refractivity contribution in [3.05, 3.63) is 178 Å². The molecule has 10 nitrogen and oxygen atoms in total. The number of aromatic nitrogens is 1. The van der Waals surface area contributed by atoms with Gasteiger partial charge < -0.3 is 34.8 Å². The number of nitrogens with one attached hydrogen (secondary N) is 3. The van der Waals surface area contributed by atoms with Gasteiger partial charge in [-0.05, 0) is 76.6 Å². The van der Waals surface area contributed by atoms with Crippen LogP contribution in [0.4, 0.5) is 15.3 Å². The molecule has 0 saturated carbocycles. The fraction of sp³-hybridized carbons (Fsp3) is 0.255. The molecule has 0 spiro atoms. The van der Waals surface area contributed by atoms with Crippen molar-refractivity contribution in [2.75, 3.05) is 18.4 Å². The van der Waals surface area contributed by atoms with Crippen molar-refractivity contribution in [2.45, 2.75) is 64.1 Å². The van der Waals surface area contributed by atoms with Crippen molar-refractivity contribution in [2.24, 2.45) is 0 Å². The summed E-state index contributed by atoms with van der Waals surface area (Å²) in [5.74, 6) is 0.513. The van der Waals surface area contributed by atoms with Gasteiger partial charge in [-0.2, -0.15) is 0 Å². The van der Waals surface area contributed by atoms with Gasteiger partial charge in [0.1, 0.15) is 12.4 Å². The summed E-state index contributed by atoms with van der Waals surface area (Å²) >= 11 is 0. The average Bonchev–Trinajstić information content (AvgIpc) is 3.20. The molecule has 58 heavy (non-hydrogen) atoms. The third-order valence-electron chi connectivity index (χ3n) is 10.8. The Bertz CT molecular complexity index is 2330. The van der Waals surface area contributed by atoms with Gasteiger partial charge in [0.2, 0.25) is 5.56 Å². The van der Waals surface area contributed by atoms with Gasteiger partial charge >= 0.3 is 12.1 Å². The number of hydrogen-bond donors (Lipinski definition) is 4. The first-order valence-electron chi connectivity index (χ1n) is 19.5. The number of pyridine rings is 1. The number of rotatable bonds is 15. The highest BCUT2D eigenvalue weighted by Gasteiger charge is 2.40. The molecule has 1 heterocycles. The SMILES string of the molecule is CC(C)(C)[Si](C)(C)O[C@@H](CN(CCc1cccc(NC(=O)NC(c2ccccc2)c2ccccc2)c1)C(=O)O)c1ccc(OCc2ccccc2)c2[nH]c(=O)ccc12. The summed E-state index contributed by atoms with van der Waals surface area (Å²) in [5, 5.41) is 17.2. The molecule has 0 fully saturated rings. The number of amides is 3. The number of benzene rings is 5. The fourth-order valence-electron chi connectivity index (χ4n) is 6.60. The number of fused-ring (bicyclic) bond motifs is 1. The van der Waals surface area contributed by atoms with Crippen molar-refractivity contribution in [3.8, 4) is 5.75 Å². The molecule has 11 heteroatoms. The van der Waals surface area contributed by atoms with Gasteiger partial charge in [-0.15, -0.1) is 0 Å². The lowest BCUT2D eigenvalue weighted by atomic mass is 9.99. The number of H-pyrrole nitrogens is 1. The van der Waals surface area contributed by atoms with E-state index < -0.39 is 20.5 Å². The molecule has 1 atom stereocenters. The molecule has 3 amide bonds. The average molecular weight is 797 g/mol. The molecule has 0 bridgehead atoms. The van der Waals surface area contributed by atoms with E-state index in [0.717, 1.165) is 33.2 Å². The standard InChI is InChI=1S/C47H52N4O6Si/c1-47(2,3)58(4,5)57-41(38-24-26-40(44-39(38)25-27-42(52)49-44)56-32-34-16-9-6-10-17-34)31-51(46(54)55)29-28-33-18-15-23-37(30-33)48-45(53)50-43(35-19-11-7-12-20-35)36-21-13-8-14-22-36/h6-27,30,41,43H,28-29,31-32H2,1-5H3,(H,49,52)(H,54,55)(H2,48,50,53)/t41-/m0/s1. The Morgan fingerprint density at radius 1 is 0.793 bits per heavy atom. The fourth-order valence-corrected chi connectivity index (χ4v) is 7.86. The number of ether oxygens (including phenoxy) is 1. The zero-order valence-electron chi connectivity index (χ0n) is 33.7. The molecule has 1 aromatic heterocycles. The Balaban J connectivity index is 1.21. The van der Waals surface area contributed by atoms with Crippen LogP contribution in [-0.2, 0) is 17.5 Å². The van der Waals surface area contributed by atoms with Crippen LogP contribution < -0.4 is 20.9 Å². The van der Waals surface area contributed by atoms with Crippen LogP contribution in [0.25, 0.3) is 10.9 Å². The highest BCUT2D eigenvalue weighted by molar-refractivity contribution is 6.74. The summed E-state index contributed by atoms with van der Waals surface area (Å²) < 4.78 is 13.2. The second-order valence-corrected chi connectivity index (χ2v) is 20.7. The maximum absolute atomic E-state index is 13.4. The van der Waals surface area contributed by atoms with Crippen LogP contribution in [-0.4, -0.2) is 48.5 Å². The summed E-state index contributed by atoms with van der Waals surface area (Å²) in [4.78, 5) is 43.3. The van der Waals surface area contributed by atoms with Crippen LogP contribution >= 0.6 is 0 Å². The highest BCUT2D eigenvalue weighted by Crippen LogP contribution is 2.42. The minimum absolute atomic E-state index is 0.0565. The van der Waals surface area contributed by atoms with Crippen LogP contribution in [0.15, 0.2) is 144 Å². The Kier molecular flexibility index (Phi) is 13.1. The third kappa shape index (κ3) is 10.6. The monoisotopic (exact) mass is 796 g/mol. The number of carbonyl (C=O) groups is 2. The molecule has 5 aromatic carbocycles. The normalized spacial score (nSPS) is 12.2. The molecule has 0 saturated heterocycles. The van der Waals surface area contributed by atoms with E-state index in [9.17, 15) is 19.5 Å². The summed E-state index contributed by atoms with van der Waals surface area (Å²) in [6.45, 7) is 11.3. The van der Waals surface area contributed by atoms with Crippen molar-refractivity contribution in [1.82, 2.24) is 15.2 Å². The molecular weight excluding hydrogens is 745 g/mol. The van der Waals surface area contributed by atoms with Crippen LogP contribution in [0.1, 0.15) is 60.7 Å². The first kappa shape index (κ1) is 41.5. The molecule has 6 rings (SSSR count). The molecule has 0 unspecified atom stereocenters. The number of anilines is 1. The Hall–Kier alpha value is -6.17. The summed E-state index contributed by atoms with van der Waals surface area (Å²) in [7, 11) is -2.46. The van der Waals surface area contributed by atoms with Gasteiger partial charge in [-0.3, -0.25) is 4.79 Å². The van der Waals surface area contributed by atoms with Gasteiger partial charge in [-0.1, -0.05) is 130 Å².